The highest BCUT2D eigenvalue weighted by atomic mass is 32.2. The summed E-state index contributed by atoms with van der Waals surface area (Å²) in [4.78, 5) is 18.0. The molecule has 3 aromatic carbocycles. The molecule has 7 nitrogen and oxygen atoms in total. The Morgan fingerprint density at radius 1 is 1.05 bits per heavy atom. The summed E-state index contributed by atoms with van der Waals surface area (Å²) >= 11 is 1.54. The number of anilines is 1. The molecule has 1 aromatic heterocycles. The first-order valence-corrected chi connectivity index (χ1v) is 13.7. The van der Waals surface area contributed by atoms with Crippen molar-refractivity contribution < 1.29 is 14.3 Å². The highest BCUT2D eigenvalue weighted by Gasteiger charge is 2.35. The van der Waals surface area contributed by atoms with Gasteiger partial charge in [0.25, 0.3) is 0 Å². The number of hydrogen-bond acceptors (Lipinski definition) is 7. The number of benzene rings is 3. The van der Waals surface area contributed by atoms with Crippen LogP contribution in [-0.2, 0) is 21.9 Å². The molecule has 0 spiro atoms. The summed E-state index contributed by atoms with van der Waals surface area (Å²) < 4.78 is 13.3. The molecule has 1 N–H and O–H groups in total. The van der Waals surface area contributed by atoms with E-state index in [2.05, 4.69) is 55.2 Å². The van der Waals surface area contributed by atoms with Gasteiger partial charge in [-0.05, 0) is 42.7 Å². The van der Waals surface area contributed by atoms with E-state index in [-0.39, 0.29) is 6.61 Å². The molecule has 5 rings (SSSR count). The summed E-state index contributed by atoms with van der Waals surface area (Å²) in [5.74, 6) is 1.57. The summed E-state index contributed by atoms with van der Waals surface area (Å²) in [5, 5.41) is 8.67. The Morgan fingerprint density at radius 2 is 1.85 bits per heavy atom. The first-order chi connectivity index (χ1) is 19.0. The van der Waals surface area contributed by atoms with Gasteiger partial charge in [-0.1, -0.05) is 96.7 Å². The third-order valence-electron chi connectivity index (χ3n) is 6.30. The number of carbonyl (C=O) groups excluding carboxylic acids is 1. The SMILES string of the molecule is C=CCOC(=O)C1=C(C)Nc2nc(SCc3ccccc3)nn2C1c1cccc(OCc2ccc(C)cc2)c1. The quantitative estimate of drug-likeness (QED) is 0.141. The standard InChI is InChI=1S/C31H30N4O3S/c1-4-17-37-29(36)27-22(3)32-30-33-31(39-20-24-9-6-5-7-10-24)34-35(30)28(27)25-11-8-12-26(18-25)38-19-23-15-13-21(2)14-16-23/h4-16,18,28H,1,17,19-20H2,2-3H3,(H,32,33,34). The second-order valence-electron chi connectivity index (χ2n) is 9.24. The largest absolute Gasteiger partial charge is 0.489 e. The van der Waals surface area contributed by atoms with E-state index in [4.69, 9.17) is 19.6 Å². The van der Waals surface area contributed by atoms with Crippen LogP contribution in [0.4, 0.5) is 5.95 Å². The zero-order chi connectivity index (χ0) is 27.2. The minimum atomic E-state index is -0.542. The summed E-state index contributed by atoms with van der Waals surface area (Å²) in [6.45, 7) is 8.13. The number of nitrogens with one attached hydrogen (secondary N) is 1. The van der Waals surface area contributed by atoms with Gasteiger partial charge >= 0.3 is 5.97 Å². The number of thioether (sulfide) groups is 1. The van der Waals surface area contributed by atoms with E-state index in [9.17, 15) is 4.79 Å². The van der Waals surface area contributed by atoms with E-state index in [0.29, 0.717) is 34.7 Å². The van der Waals surface area contributed by atoms with Gasteiger partial charge in [0.2, 0.25) is 11.1 Å². The first-order valence-electron chi connectivity index (χ1n) is 12.7. The van der Waals surface area contributed by atoms with Gasteiger partial charge in [-0.25, -0.2) is 9.48 Å². The zero-order valence-electron chi connectivity index (χ0n) is 22.0. The van der Waals surface area contributed by atoms with Crippen molar-refractivity contribution in [1.82, 2.24) is 14.8 Å². The van der Waals surface area contributed by atoms with E-state index >= 15 is 0 Å². The topological polar surface area (TPSA) is 78.3 Å². The van der Waals surface area contributed by atoms with Crippen molar-refractivity contribution in [3.8, 4) is 5.75 Å². The number of fused-ring (bicyclic) bond motifs is 1. The minimum Gasteiger partial charge on any atom is -0.489 e. The van der Waals surface area contributed by atoms with Crippen molar-refractivity contribution in [2.75, 3.05) is 11.9 Å². The Hall–Kier alpha value is -4.30. The maximum Gasteiger partial charge on any atom is 0.338 e. The molecule has 0 saturated carbocycles. The number of rotatable bonds is 10. The number of nitrogens with zero attached hydrogens (tertiary/aromatic N) is 3. The average molecular weight is 539 g/mol. The maximum atomic E-state index is 13.2. The van der Waals surface area contributed by atoms with Crippen molar-refractivity contribution in [2.45, 2.75) is 37.4 Å². The number of aromatic nitrogens is 3. The van der Waals surface area contributed by atoms with Crippen LogP contribution in [0.1, 0.15) is 35.2 Å². The van der Waals surface area contributed by atoms with Crippen LogP contribution in [0.3, 0.4) is 0 Å². The normalized spacial score (nSPS) is 14.4. The summed E-state index contributed by atoms with van der Waals surface area (Å²) in [7, 11) is 0. The fraction of sp³-hybridized carbons (Fsp3) is 0.194. The molecule has 0 bridgehead atoms. The van der Waals surface area contributed by atoms with Crippen LogP contribution in [0.25, 0.3) is 0 Å². The van der Waals surface area contributed by atoms with E-state index in [1.807, 2.05) is 49.4 Å². The fourth-order valence-electron chi connectivity index (χ4n) is 4.32. The predicted molar refractivity (Wildman–Crippen MR) is 154 cm³/mol. The minimum absolute atomic E-state index is 0.116. The van der Waals surface area contributed by atoms with Crippen LogP contribution in [-0.4, -0.2) is 27.3 Å². The van der Waals surface area contributed by atoms with E-state index in [0.717, 1.165) is 16.9 Å². The lowest BCUT2D eigenvalue weighted by Gasteiger charge is -2.28. The molecular formula is C31H30N4O3S. The van der Waals surface area contributed by atoms with E-state index < -0.39 is 12.0 Å². The smallest absolute Gasteiger partial charge is 0.338 e. The summed E-state index contributed by atoms with van der Waals surface area (Å²) in [5.41, 5.74) is 5.43. The van der Waals surface area contributed by atoms with E-state index in [1.165, 1.54) is 11.1 Å². The second kappa shape index (κ2) is 12.0. The molecule has 1 aliphatic rings. The Morgan fingerprint density at radius 3 is 2.62 bits per heavy atom. The van der Waals surface area contributed by atoms with Crippen molar-refractivity contribution in [2.24, 2.45) is 0 Å². The number of allylic oxidation sites excluding steroid dienone is 1. The average Bonchev–Trinajstić information content (AvgIpc) is 3.36. The van der Waals surface area contributed by atoms with Crippen LogP contribution in [0.2, 0.25) is 0 Å². The summed E-state index contributed by atoms with van der Waals surface area (Å²) in [6, 6.07) is 25.6. The van der Waals surface area contributed by atoms with Crippen LogP contribution < -0.4 is 10.1 Å². The number of ether oxygens (including phenoxy) is 2. The molecular weight excluding hydrogens is 508 g/mol. The number of carbonyl (C=O) groups is 1. The van der Waals surface area contributed by atoms with Crippen LogP contribution in [0.5, 0.6) is 5.75 Å². The van der Waals surface area contributed by atoms with Gasteiger partial charge in [0.15, 0.2) is 0 Å². The van der Waals surface area contributed by atoms with Gasteiger partial charge in [0, 0.05) is 11.4 Å². The Labute approximate surface area is 232 Å². The fourth-order valence-corrected chi connectivity index (χ4v) is 5.11. The molecule has 0 fully saturated rings. The predicted octanol–water partition coefficient (Wildman–Crippen LogP) is 6.48. The number of hydrogen-bond donors (Lipinski definition) is 1. The highest BCUT2D eigenvalue weighted by Crippen LogP contribution is 2.38. The second-order valence-corrected chi connectivity index (χ2v) is 10.2. The molecule has 198 valence electrons. The van der Waals surface area contributed by atoms with Crippen molar-refractivity contribution >= 4 is 23.7 Å². The zero-order valence-corrected chi connectivity index (χ0v) is 22.8. The molecule has 1 atom stereocenters. The van der Waals surface area contributed by atoms with Gasteiger partial charge in [-0.15, -0.1) is 5.10 Å². The number of esters is 1. The lowest BCUT2D eigenvalue weighted by Crippen LogP contribution is -2.29. The molecule has 39 heavy (non-hydrogen) atoms. The molecule has 1 aliphatic heterocycles. The first kappa shape index (κ1) is 26.3. The molecule has 0 amide bonds. The van der Waals surface area contributed by atoms with Crippen LogP contribution >= 0.6 is 11.8 Å². The van der Waals surface area contributed by atoms with Gasteiger partial charge < -0.3 is 14.8 Å². The highest BCUT2D eigenvalue weighted by molar-refractivity contribution is 7.98. The van der Waals surface area contributed by atoms with Gasteiger partial charge in [0.05, 0.1) is 5.57 Å². The van der Waals surface area contributed by atoms with Gasteiger partial charge in [-0.2, -0.15) is 4.98 Å². The van der Waals surface area contributed by atoms with Crippen molar-refractivity contribution in [3.05, 3.63) is 125 Å². The molecule has 8 heteroatoms. The monoisotopic (exact) mass is 538 g/mol. The summed E-state index contributed by atoms with van der Waals surface area (Å²) in [6.07, 6.45) is 1.55. The van der Waals surface area contributed by atoms with Gasteiger partial charge in [0.1, 0.15) is 25.0 Å². The van der Waals surface area contributed by atoms with E-state index in [1.54, 1.807) is 22.5 Å². The van der Waals surface area contributed by atoms with Crippen LogP contribution in [0.15, 0.2) is 108 Å². The third-order valence-corrected chi connectivity index (χ3v) is 7.20. The molecule has 0 radical (unpaired) electrons. The maximum absolute atomic E-state index is 13.2. The van der Waals surface area contributed by atoms with Crippen LogP contribution in [0, 0.1) is 6.92 Å². The lowest BCUT2D eigenvalue weighted by molar-refractivity contribution is -0.138. The molecule has 4 aromatic rings. The molecule has 1 unspecified atom stereocenters. The third kappa shape index (κ3) is 6.23. The number of aryl methyl sites for hydroxylation is 1. The van der Waals surface area contributed by atoms with Crippen molar-refractivity contribution in [3.63, 3.8) is 0 Å². The van der Waals surface area contributed by atoms with Gasteiger partial charge in [-0.3, -0.25) is 0 Å². The molecule has 0 saturated heterocycles. The Kier molecular flexibility index (Phi) is 8.13. The Balaban J connectivity index is 1.45. The Bertz CT molecular complexity index is 1500. The lowest BCUT2D eigenvalue weighted by atomic mass is 9.95. The molecule has 0 aliphatic carbocycles. The van der Waals surface area contributed by atoms with Crippen molar-refractivity contribution in [1.29, 1.82) is 0 Å². The molecule has 2 heterocycles.